The van der Waals surface area contributed by atoms with E-state index in [1.807, 2.05) is 42.5 Å². The first kappa shape index (κ1) is 21.6. The first-order valence-electron chi connectivity index (χ1n) is 10.5. The highest BCUT2D eigenvalue weighted by molar-refractivity contribution is 6.31. The molecule has 0 aliphatic rings. The van der Waals surface area contributed by atoms with E-state index in [9.17, 15) is 9.59 Å². The minimum absolute atomic E-state index is 0.0564. The van der Waals surface area contributed by atoms with E-state index in [4.69, 9.17) is 11.6 Å². The van der Waals surface area contributed by atoms with E-state index in [0.717, 1.165) is 15.5 Å². The summed E-state index contributed by atoms with van der Waals surface area (Å²) < 4.78 is 4.07. The van der Waals surface area contributed by atoms with E-state index < -0.39 is 11.2 Å². The van der Waals surface area contributed by atoms with Gasteiger partial charge < -0.3 is 4.57 Å². The number of aromatic nitrogens is 5. The lowest BCUT2D eigenvalue weighted by Gasteiger charge is -2.09. The van der Waals surface area contributed by atoms with Crippen LogP contribution in [0.25, 0.3) is 22.1 Å². The fourth-order valence-electron chi connectivity index (χ4n) is 3.79. The zero-order valence-corrected chi connectivity index (χ0v) is 19.2. The second-order valence-corrected chi connectivity index (χ2v) is 8.20. The van der Waals surface area contributed by atoms with E-state index in [1.54, 1.807) is 43.1 Å². The largest absolute Gasteiger partial charge is 0.332 e. The summed E-state index contributed by atoms with van der Waals surface area (Å²) in [5.74, 6) is 0.314. The summed E-state index contributed by atoms with van der Waals surface area (Å²) in [7, 11) is 3.26. The number of rotatable bonds is 5. The first-order chi connectivity index (χ1) is 16.4. The van der Waals surface area contributed by atoms with Crippen LogP contribution in [0.3, 0.4) is 0 Å². The molecule has 10 heteroatoms. The summed E-state index contributed by atoms with van der Waals surface area (Å²) in [6.07, 6.45) is 1.57. The van der Waals surface area contributed by atoms with E-state index in [-0.39, 0.29) is 17.7 Å². The number of hydrogen-bond acceptors (Lipinski definition) is 6. The van der Waals surface area contributed by atoms with E-state index in [1.165, 1.54) is 4.57 Å². The van der Waals surface area contributed by atoms with Crippen LogP contribution >= 0.6 is 11.6 Å². The summed E-state index contributed by atoms with van der Waals surface area (Å²) >= 11 is 6.24. The van der Waals surface area contributed by atoms with Crippen molar-refractivity contribution in [3.05, 3.63) is 97.8 Å². The van der Waals surface area contributed by atoms with Crippen LogP contribution in [0.2, 0.25) is 5.02 Å². The molecule has 9 nitrogen and oxygen atoms in total. The molecule has 5 rings (SSSR count). The van der Waals surface area contributed by atoms with Gasteiger partial charge in [0.2, 0.25) is 5.95 Å². The van der Waals surface area contributed by atoms with Gasteiger partial charge in [0.15, 0.2) is 11.2 Å². The number of pyridine rings is 1. The van der Waals surface area contributed by atoms with Gasteiger partial charge in [0.1, 0.15) is 0 Å². The van der Waals surface area contributed by atoms with Crippen molar-refractivity contribution >= 4 is 45.8 Å². The Labute approximate surface area is 198 Å². The molecule has 0 aliphatic carbocycles. The van der Waals surface area contributed by atoms with Crippen LogP contribution in [-0.4, -0.2) is 29.9 Å². The lowest BCUT2D eigenvalue weighted by Crippen LogP contribution is -2.39. The number of para-hydroxylation sites is 1. The number of aryl methyl sites for hydroxylation is 2. The van der Waals surface area contributed by atoms with Crippen LogP contribution in [-0.2, 0) is 20.6 Å². The van der Waals surface area contributed by atoms with Gasteiger partial charge in [-0.3, -0.25) is 13.9 Å². The van der Waals surface area contributed by atoms with E-state index in [0.29, 0.717) is 22.2 Å². The zero-order chi connectivity index (χ0) is 23.8. The topological polar surface area (TPSA) is 99.1 Å². The molecule has 0 saturated carbocycles. The molecule has 2 aromatic carbocycles. The van der Waals surface area contributed by atoms with Gasteiger partial charge in [0, 0.05) is 24.5 Å². The van der Waals surface area contributed by atoms with Crippen molar-refractivity contribution in [1.82, 2.24) is 23.7 Å². The summed E-state index contributed by atoms with van der Waals surface area (Å²) in [5.41, 5.74) is 4.65. The van der Waals surface area contributed by atoms with Crippen molar-refractivity contribution in [1.29, 1.82) is 0 Å². The molecule has 0 bridgehead atoms. The first-order valence-corrected chi connectivity index (χ1v) is 10.9. The lowest BCUT2D eigenvalue weighted by molar-refractivity contribution is 0.655. The number of nitrogens with one attached hydrogen (secondary N) is 1. The summed E-state index contributed by atoms with van der Waals surface area (Å²) in [6.45, 7) is 0.0564. The van der Waals surface area contributed by atoms with Crippen LogP contribution in [0.4, 0.5) is 5.95 Å². The molecule has 0 unspecified atom stereocenters. The second kappa shape index (κ2) is 8.60. The SMILES string of the molecule is Cn1c(N/N=C\c2ccc3ccccc3n2)nc2c1c(=O)n(Cc1ccccc1Cl)c(=O)n2C. The van der Waals surface area contributed by atoms with Gasteiger partial charge in [0.05, 0.1) is 24.0 Å². The van der Waals surface area contributed by atoms with Crippen LogP contribution < -0.4 is 16.7 Å². The third kappa shape index (κ3) is 3.75. The minimum Gasteiger partial charge on any atom is -0.306 e. The summed E-state index contributed by atoms with van der Waals surface area (Å²) in [4.78, 5) is 35.1. The van der Waals surface area contributed by atoms with Gasteiger partial charge in [-0.2, -0.15) is 10.1 Å². The lowest BCUT2D eigenvalue weighted by atomic mass is 10.2. The third-order valence-corrected chi connectivity index (χ3v) is 6.00. The van der Waals surface area contributed by atoms with Crippen molar-refractivity contribution in [3.63, 3.8) is 0 Å². The number of fused-ring (bicyclic) bond motifs is 2. The molecule has 0 atom stereocenters. The molecule has 0 amide bonds. The Morgan fingerprint density at radius 1 is 0.971 bits per heavy atom. The zero-order valence-electron chi connectivity index (χ0n) is 18.4. The normalized spacial score (nSPS) is 11.6. The van der Waals surface area contributed by atoms with Crippen LogP contribution in [0, 0.1) is 0 Å². The smallest absolute Gasteiger partial charge is 0.306 e. The number of halogens is 1. The Kier molecular flexibility index (Phi) is 5.46. The van der Waals surface area contributed by atoms with Crippen molar-refractivity contribution in [2.45, 2.75) is 6.54 Å². The number of hydrogen-bond donors (Lipinski definition) is 1. The van der Waals surface area contributed by atoms with Gasteiger partial charge in [-0.25, -0.2) is 15.2 Å². The Morgan fingerprint density at radius 3 is 2.56 bits per heavy atom. The molecular formula is C24H20ClN7O2. The number of imidazole rings is 1. The number of benzene rings is 2. The van der Waals surface area contributed by atoms with Gasteiger partial charge in [0.25, 0.3) is 5.56 Å². The number of nitrogens with zero attached hydrogens (tertiary/aromatic N) is 6. The van der Waals surface area contributed by atoms with Crippen molar-refractivity contribution < 1.29 is 0 Å². The molecule has 0 aliphatic heterocycles. The molecule has 3 heterocycles. The minimum atomic E-state index is -0.481. The molecule has 170 valence electrons. The molecule has 0 fully saturated rings. The van der Waals surface area contributed by atoms with Crippen molar-refractivity contribution in [2.75, 3.05) is 5.43 Å². The highest BCUT2D eigenvalue weighted by Gasteiger charge is 2.19. The van der Waals surface area contributed by atoms with Crippen molar-refractivity contribution in [3.8, 4) is 0 Å². The maximum Gasteiger partial charge on any atom is 0.332 e. The van der Waals surface area contributed by atoms with Crippen LogP contribution in [0.1, 0.15) is 11.3 Å². The molecule has 0 saturated heterocycles. The highest BCUT2D eigenvalue weighted by Crippen LogP contribution is 2.17. The molecule has 34 heavy (non-hydrogen) atoms. The average molecular weight is 474 g/mol. The number of anilines is 1. The Bertz CT molecular complexity index is 1700. The van der Waals surface area contributed by atoms with E-state index >= 15 is 0 Å². The standard InChI is InChI=1S/C24H20ClN7O2/c1-30-20-21(31(2)24(34)32(22(20)33)14-16-8-3-5-9-18(16)25)28-23(30)29-26-13-17-12-11-15-7-4-6-10-19(15)27-17/h3-13H,14H2,1-2H3,(H,28,29)/b26-13-. The average Bonchev–Trinajstić information content (AvgIpc) is 3.18. The fourth-order valence-corrected chi connectivity index (χ4v) is 3.99. The molecule has 3 aromatic heterocycles. The second-order valence-electron chi connectivity index (χ2n) is 7.79. The van der Waals surface area contributed by atoms with Gasteiger partial charge in [-0.15, -0.1) is 0 Å². The Morgan fingerprint density at radius 2 is 1.74 bits per heavy atom. The van der Waals surface area contributed by atoms with Crippen molar-refractivity contribution in [2.24, 2.45) is 19.2 Å². The highest BCUT2D eigenvalue weighted by atomic mass is 35.5. The van der Waals surface area contributed by atoms with Crippen LogP contribution in [0.15, 0.2) is 75.4 Å². The quantitative estimate of drug-likeness (QED) is 0.312. The molecular weight excluding hydrogens is 454 g/mol. The van der Waals surface area contributed by atoms with E-state index in [2.05, 4.69) is 20.5 Å². The third-order valence-electron chi connectivity index (χ3n) is 5.63. The van der Waals surface area contributed by atoms with Gasteiger partial charge in [-0.1, -0.05) is 54.1 Å². The summed E-state index contributed by atoms with van der Waals surface area (Å²) in [6, 6.07) is 18.7. The maximum atomic E-state index is 13.2. The predicted octanol–water partition coefficient (Wildman–Crippen LogP) is 3.13. The van der Waals surface area contributed by atoms with Gasteiger partial charge >= 0.3 is 5.69 Å². The molecule has 0 radical (unpaired) electrons. The van der Waals surface area contributed by atoms with Crippen LogP contribution in [0.5, 0.6) is 0 Å². The van der Waals surface area contributed by atoms with Gasteiger partial charge in [-0.05, 0) is 23.8 Å². The maximum absolute atomic E-state index is 13.2. The number of hydrazone groups is 1. The molecule has 5 aromatic rings. The Hall–Kier alpha value is -4.24. The predicted molar refractivity (Wildman–Crippen MR) is 134 cm³/mol. The molecule has 0 spiro atoms. The Balaban J connectivity index is 1.50. The summed E-state index contributed by atoms with van der Waals surface area (Å²) in [5, 5.41) is 5.75. The monoisotopic (exact) mass is 473 g/mol. The fraction of sp³-hybridized carbons (Fsp3) is 0.125. The molecule has 1 N–H and O–H groups in total.